The van der Waals surface area contributed by atoms with Crippen LogP contribution in [0, 0.1) is 0 Å². The normalized spacial score (nSPS) is 20.1. The van der Waals surface area contributed by atoms with Crippen LogP contribution in [0.5, 0.6) is 0 Å². The van der Waals surface area contributed by atoms with E-state index in [0.29, 0.717) is 5.92 Å². The minimum Gasteiger partial charge on any atom is -0.343 e. The maximum atomic E-state index is 11.3. The SMILES string of the molecule is CC(=O)N1CCC(c2cc3cccnc3[nH]2)C1. The standard InChI is InChI=1S/C13H15N3O/c1-9(17)16-6-4-11(8-16)12-7-10-3-2-5-14-13(10)15-12/h2-3,5,7,11H,4,6,8H2,1H3,(H,14,15). The summed E-state index contributed by atoms with van der Waals surface area (Å²) in [5.74, 6) is 0.592. The number of aromatic nitrogens is 2. The van der Waals surface area contributed by atoms with Gasteiger partial charge in [-0.2, -0.15) is 0 Å². The zero-order chi connectivity index (χ0) is 11.8. The van der Waals surface area contributed by atoms with Crippen LogP contribution in [0.3, 0.4) is 0 Å². The number of hydrogen-bond acceptors (Lipinski definition) is 2. The third kappa shape index (κ3) is 1.79. The highest BCUT2D eigenvalue weighted by Gasteiger charge is 2.26. The van der Waals surface area contributed by atoms with Gasteiger partial charge in [0, 0.05) is 43.2 Å². The first kappa shape index (κ1) is 10.3. The van der Waals surface area contributed by atoms with Gasteiger partial charge in [-0.05, 0) is 24.6 Å². The second kappa shape index (κ2) is 3.87. The van der Waals surface area contributed by atoms with Crippen molar-refractivity contribution in [3.8, 4) is 0 Å². The molecule has 0 aliphatic carbocycles. The lowest BCUT2D eigenvalue weighted by Gasteiger charge is -2.12. The highest BCUT2D eigenvalue weighted by atomic mass is 16.2. The molecule has 0 aromatic carbocycles. The number of H-pyrrole nitrogens is 1. The van der Waals surface area contributed by atoms with Gasteiger partial charge < -0.3 is 9.88 Å². The fraction of sp³-hybridized carbons (Fsp3) is 0.385. The summed E-state index contributed by atoms with van der Waals surface area (Å²) in [7, 11) is 0. The lowest BCUT2D eigenvalue weighted by molar-refractivity contribution is -0.127. The molecule has 88 valence electrons. The number of hydrogen-bond donors (Lipinski definition) is 1. The van der Waals surface area contributed by atoms with Gasteiger partial charge >= 0.3 is 0 Å². The van der Waals surface area contributed by atoms with Crippen LogP contribution in [0.15, 0.2) is 24.4 Å². The Kier molecular flexibility index (Phi) is 2.35. The third-order valence-corrected chi connectivity index (χ3v) is 3.49. The molecule has 17 heavy (non-hydrogen) atoms. The molecule has 0 bridgehead atoms. The molecule has 1 aliphatic heterocycles. The molecule has 0 saturated carbocycles. The van der Waals surface area contributed by atoms with Crippen LogP contribution in [0.25, 0.3) is 11.0 Å². The predicted molar refractivity (Wildman–Crippen MR) is 65.7 cm³/mol. The van der Waals surface area contributed by atoms with E-state index in [0.717, 1.165) is 30.5 Å². The van der Waals surface area contributed by atoms with Crippen molar-refractivity contribution in [3.05, 3.63) is 30.1 Å². The summed E-state index contributed by atoms with van der Waals surface area (Å²) in [5, 5.41) is 1.14. The largest absolute Gasteiger partial charge is 0.343 e. The van der Waals surface area contributed by atoms with Crippen molar-refractivity contribution in [1.82, 2.24) is 14.9 Å². The van der Waals surface area contributed by atoms with E-state index in [2.05, 4.69) is 22.1 Å². The molecular formula is C13H15N3O. The first-order chi connectivity index (χ1) is 8.24. The number of pyridine rings is 1. The van der Waals surface area contributed by atoms with Crippen molar-refractivity contribution in [2.45, 2.75) is 19.3 Å². The fourth-order valence-electron chi connectivity index (χ4n) is 2.50. The summed E-state index contributed by atoms with van der Waals surface area (Å²) in [6.45, 7) is 3.32. The second-order valence-corrected chi connectivity index (χ2v) is 4.62. The van der Waals surface area contributed by atoms with Crippen LogP contribution in [-0.2, 0) is 4.79 Å². The van der Waals surface area contributed by atoms with Crippen LogP contribution in [0.4, 0.5) is 0 Å². The number of fused-ring (bicyclic) bond motifs is 1. The van der Waals surface area contributed by atoms with Gasteiger partial charge in [-0.1, -0.05) is 0 Å². The molecule has 0 spiro atoms. The molecule has 1 unspecified atom stereocenters. The Morgan fingerprint density at radius 1 is 1.59 bits per heavy atom. The van der Waals surface area contributed by atoms with E-state index in [1.807, 2.05) is 11.0 Å². The van der Waals surface area contributed by atoms with Crippen molar-refractivity contribution >= 4 is 16.9 Å². The van der Waals surface area contributed by atoms with Gasteiger partial charge in [-0.25, -0.2) is 4.98 Å². The first-order valence-electron chi connectivity index (χ1n) is 5.93. The number of carbonyl (C=O) groups excluding carboxylic acids is 1. The fourth-order valence-corrected chi connectivity index (χ4v) is 2.50. The summed E-state index contributed by atoms with van der Waals surface area (Å²) in [4.78, 5) is 20.8. The van der Waals surface area contributed by atoms with Crippen molar-refractivity contribution < 1.29 is 4.79 Å². The molecule has 4 heteroatoms. The Morgan fingerprint density at radius 3 is 3.18 bits per heavy atom. The van der Waals surface area contributed by atoms with Crippen LogP contribution >= 0.6 is 0 Å². The number of aromatic amines is 1. The zero-order valence-corrected chi connectivity index (χ0v) is 9.81. The highest BCUT2D eigenvalue weighted by Crippen LogP contribution is 2.28. The molecule has 4 nitrogen and oxygen atoms in total. The van der Waals surface area contributed by atoms with Gasteiger partial charge in [0.1, 0.15) is 5.65 Å². The van der Waals surface area contributed by atoms with Crippen LogP contribution in [0.2, 0.25) is 0 Å². The molecule has 3 heterocycles. The third-order valence-electron chi connectivity index (χ3n) is 3.49. The van der Waals surface area contributed by atoms with E-state index in [4.69, 9.17) is 0 Å². The topological polar surface area (TPSA) is 49.0 Å². The Morgan fingerprint density at radius 2 is 2.47 bits per heavy atom. The van der Waals surface area contributed by atoms with E-state index in [1.165, 1.54) is 5.69 Å². The molecule has 1 atom stereocenters. The molecule has 2 aromatic rings. The van der Waals surface area contributed by atoms with Crippen molar-refractivity contribution in [2.75, 3.05) is 13.1 Å². The molecule has 1 amide bonds. The minimum absolute atomic E-state index is 0.168. The van der Waals surface area contributed by atoms with E-state index < -0.39 is 0 Å². The summed E-state index contributed by atoms with van der Waals surface area (Å²) in [5.41, 5.74) is 2.13. The molecule has 1 aliphatic rings. The van der Waals surface area contributed by atoms with Crippen molar-refractivity contribution in [1.29, 1.82) is 0 Å². The molecule has 3 rings (SSSR count). The second-order valence-electron chi connectivity index (χ2n) is 4.62. The smallest absolute Gasteiger partial charge is 0.219 e. The number of carbonyl (C=O) groups is 1. The van der Waals surface area contributed by atoms with E-state index in [-0.39, 0.29) is 5.91 Å². The van der Waals surface area contributed by atoms with Crippen LogP contribution in [-0.4, -0.2) is 33.9 Å². The van der Waals surface area contributed by atoms with E-state index in [9.17, 15) is 4.79 Å². The van der Waals surface area contributed by atoms with E-state index in [1.54, 1.807) is 13.1 Å². The first-order valence-corrected chi connectivity index (χ1v) is 5.93. The Balaban J connectivity index is 1.87. The average molecular weight is 229 g/mol. The van der Waals surface area contributed by atoms with Gasteiger partial charge in [0.25, 0.3) is 0 Å². The van der Waals surface area contributed by atoms with E-state index >= 15 is 0 Å². The Bertz CT molecular complexity index is 528. The molecule has 0 radical (unpaired) electrons. The van der Waals surface area contributed by atoms with Gasteiger partial charge in [0.15, 0.2) is 0 Å². The number of nitrogens with zero attached hydrogens (tertiary/aromatic N) is 2. The zero-order valence-electron chi connectivity index (χ0n) is 9.81. The molecule has 1 N–H and O–H groups in total. The Labute approximate surface area is 99.6 Å². The number of amides is 1. The summed E-state index contributed by atoms with van der Waals surface area (Å²) in [6, 6.07) is 6.15. The minimum atomic E-state index is 0.168. The summed E-state index contributed by atoms with van der Waals surface area (Å²) < 4.78 is 0. The van der Waals surface area contributed by atoms with Gasteiger partial charge in [0.2, 0.25) is 5.91 Å². The maximum Gasteiger partial charge on any atom is 0.219 e. The van der Waals surface area contributed by atoms with Crippen molar-refractivity contribution in [3.63, 3.8) is 0 Å². The molecule has 2 aromatic heterocycles. The lowest BCUT2D eigenvalue weighted by Crippen LogP contribution is -2.25. The molecule has 1 saturated heterocycles. The number of rotatable bonds is 1. The van der Waals surface area contributed by atoms with Crippen LogP contribution < -0.4 is 0 Å². The Hall–Kier alpha value is -1.84. The summed E-state index contributed by atoms with van der Waals surface area (Å²) >= 11 is 0. The molecule has 1 fully saturated rings. The predicted octanol–water partition coefficient (Wildman–Crippen LogP) is 1.90. The van der Waals surface area contributed by atoms with Gasteiger partial charge in [-0.3, -0.25) is 4.79 Å². The number of likely N-dealkylation sites (tertiary alicyclic amines) is 1. The highest BCUT2D eigenvalue weighted by molar-refractivity contribution is 5.77. The van der Waals surface area contributed by atoms with Crippen molar-refractivity contribution in [2.24, 2.45) is 0 Å². The number of nitrogens with one attached hydrogen (secondary N) is 1. The van der Waals surface area contributed by atoms with Gasteiger partial charge in [0.05, 0.1) is 0 Å². The summed E-state index contributed by atoms with van der Waals surface area (Å²) in [6.07, 6.45) is 2.82. The quantitative estimate of drug-likeness (QED) is 0.812. The average Bonchev–Trinajstić information content (AvgIpc) is 2.95. The monoisotopic (exact) mass is 229 g/mol. The lowest BCUT2D eigenvalue weighted by atomic mass is 10.1. The van der Waals surface area contributed by atoms with Crippen LogP contribution in [0.1, 0.15) is 25.0 Å². The molecular weight excluding hydrogens is 214 g/mol. The van der Waals surface area contributed by atoms with Gasteiger partial charge in [-0.15, -0.1) is 0 Å². The maximum absolute atomic E-state index is 11.3.